The molecule has 0 unspecified atom stereocenters. The summed E-state index contributed by atoms with van der Waals surface area (Å²) >= 11 is 0. The topological polar surface area (TPSA) is 51.2 Å². The van der Waals surface area contributed by atoms with Crippen LogP contribution in [0.1, 0.15) is 27.2 Å². The molecule has 0 radical (unpaired) electrons. The van der Waals surface area contributed by atoms with E-state index < -0.39 is 0 Å². The fraction of sp³-hybridized carbons (Fsp3) is 0.143. The summed E-state index contributed by atoms with van der Waals surface area (Å²) in [5.74, 6) is 1.44. The van der Waals surface area contributed by atoms with Gasteiger partial charge in [0.25, 0.3) is 5.91 Å². The van der Waals surface area contributed by atoms with Gasteiger partial charge in [0, 0.05) is 18.4 Å². The van der Waals surface area contributed by atoms with Gasteiger partial charge in [-0.15, -0.1) is 0 Å². The Morgan fingerprint density at radius 2 is 1.88 bits per heavy atom. The first-order chi connectivity index (χ1) is 12.1. The maximum Gasteiger partial charge on any atom is 0.253 e. The van der Waals surface area contributed by atoms with Crippen molar-refractivity contribution in [1.29, 1.82) is 0 Å². The first-order valence-corrected chi connectivity index (χ1v) is 8.15. The van der Waals surface area contributed by atoms with Crippen molar-refractivity contribution in [2.75, 3.05) is 0 Å². The third-order valence-corrected chi connectivity index (χ3v) is 3.85. The highest BCUT2D eigenvalue weighted by Gasteiger charge is 2.06. The molecule has 0 bridgehead atoms. The SMILES string of the molecule is Cc1ccc(C(=O)NCc2cccc(Oc3ccccc3C)c2)cn1. The minimum atomic E-state index is -0.141. The van der Waals surface area contributed by atoms with Gasteiger partial charge in [-0.2, -0.15) is 0 Å². The number of hydrogen-bond donors (Lipinski definition) is 1. The van der Waals surface area contributed by atoms with Gasteiger partial charge in [-0.05, 0) is 55.3 Å². The van der Waals surface area contributed by atoms with Crippen LogP contribution in [-0.4, -0.2) is 10.9 Å². The van der Waals surface area contributed by atoms with E-state index in [9.17, 15) is 4.79 Å². The van der Waals surface area contributed by atoms with Gasteiger partial charge in [0.1, 0.15) is 11.5 Å². The van der Waals surface area contributed by atoms with E-state index in [1.165, 1.54) is 0 Å². The highest BCUT2D eigenvalue weighted by molar-refractivity contribution is 5.93. The number of para-hydroxylation sites is 1. The minimum Gasteiger partial charge on any atom is -0.457 e. The lowest BCUT2D eigenvalue weighted by Crippen LogP contribution is -2.22. The van der Waals surface area contributed by atoms with E-state index in [4.69, 9.17) is 4.74 Å². The summed E-state index contributed by atoms with van der Waals surface area (Å²) in [6, 6.07) is 19.2. The molecule has 0 saturated heterocycles. The standard InChI is InChI=1S/C21H20N2O2/c1-15-6-3-4-9-20(15)25-19-8-5-7-17(12-19)13-23-21(24)18-11-10-16(2)22-14-18/h3-12,14H,13H2,1-2H3,(H,23,24). The Morgan fingerprint density at radius 3 is 2.64 bits per heavy atom. The van der Waals surface area contributed by atoms with Crippen LogP contribution >= 0.6 is 0 Å². The number of aromatic nitrogens is 1. The number of benzene rings is 2. The first-order valence-electron chi connectivity index (χ1n) is 8.15. The van der Waals surface area contributed by atoms with Gasteiger partial charge in [-0.3, -0.25) is 9.78 Å². The van der Waals surface area contributed by atoms with Crippen molar-refractivity contribution in [3.63, 3.8) is 0 Å². The number of amides is 1. The molecular weight excluding hydrogens is 312 g/mol. The van der Waals surface area contributed by atoms with Crippen LogP contribution in [0.4, 0.5) is 0 Å². The Balaban J connectivity index is 1.64. The number of aryl methyl sites for hydroxylation is 2. The molecule has 0 aliphatic rings. The molecule has 0 spiro atoms. The van der Waals surface area contributed by atoms with Crippen LogP contribution in [-0.2, 0) is 6.54 Å². The zero-order valence-corrected chi connectivity index (χ0v) is 14.3. The summed E-state index contributed by atoms with van der Waals surface area (Å²) in [5, 5.41) is 2.90. The van der Waals surface area contributed by atoms with Crippen LogP contribution < -0.4 is 10.1 Å². The summed E-state index contributed by atoms with van der Waals surface area (Å²) in [4.78, 5) is 16.3. The van der Waals surface area contributed by atoms with Crippen LogP contribution in [0.3, 0.4) is 0 Å². The number of carbonyl (C=O) groups is 1. The molecule has 1 amide bonds. The second-order valence-electron chi connectivity index (χ2n) is 5.89. The maximum atomic E-state index is 12.2. The third-order valence-electron chi connectivity index (χ3n) is 3.85. The molecule has 126 valence electrons. The molecule has 3 aromatic rings. The number of nitrogens with one attached hydrogen (secondary N) is 1. The predicted octanol–water partition coefficient (Wildman–Crippen LogP) is 4.42. The molecule has 2 aromatic carbocycles. The molecule has 4 nitrogen and oxygen atoms in total. The van der Waals surface area contributed by atoms with Gasteiger partial charge >= 0.3 is 0 Å². The lowest BCUT2D eigenvalue weighted by atomic mass is 10.2. The van der Waals surface area contributed by atoms with Crippen LogP contribution in [0.5, 0.6) is 11.5 Å². The molecule has 25 heavy (non-hydrogen) atoms. The molecule has 3 rings (SSSR count). The van der Waals surface area contributed by atoms with Crippen molar-refractivity contribution < 1.29 is 9.53 Å². The zero-order chi connectivity index (χ0) is 17.6. The molecule has 1 aromatic heterocycles. The van der Waals surface area contributed by atoms with E-state index in [0.29, 0.717) is 12.1 Å². The normalized spacial score (nSPS) is 10.3. The Morgan fingerprint density at radius 1 is 1.04 bits per heavy atom. The molecule has 1 N–H and O–H groups in total. The highest BCUT2D eigenvalue weighted by Crippen LogP contribution is 2.25. The van der Waals surface area contributed by atoms with Crippen molar-refractivity contribution in [2.45, 2.75) is 20.4 Å². The van der Waals surface area contributed by atoms with Gasteiger partial charge < -0.3 is 10.1 Å². The van der Waals surface area contributed by atoms with Gasteiger partial charge in [-0.25, -0.2) is 0 Å². The summed E-state index contributed by atoms with van der Waals surface area (Å²) in [6.07, 6.45) is 1.59. The van der Waals surface area contributed by atoms with Crippen LogP contribution in [0, 0.1) is 13.8 Å². The van der Waals surface area contributed by atoms with E-state index in [1.54, 1.807) is 12.3 Å². The summed E-state index contributed by atoms with van der Waals surface area (Å²) in [5.41, 5.74) is 3.49. The lowest BCUT2D eigenvalue weighted by molar-refractivity contribution is 0.0950. The van der Waals surface area contributed by atoms with Crippen molar-refractivity contribution in [3.05, 3.63) is 89.2 Å². The number of pyridine rings is 1. The van der Waals surface area contributed by atoms with E-state index >= 15 is 0 Å². The fourth-order valence-corrected chi connectivity index (χ4v) is 2.40. The Kier molecular flexibility index (Phi) is 5.09. The summed E-state index contributed by atoms with van der Waals surface area (Å²) in [7, 11) is 0. The molecule has 4 heteroatoms. The van der Waals surface area contributed by atoms with Crippen molar-refractivity contribution in [1.82, 2.24) is 10.3 Å². The van der Waals surface area contributed by atoms with Gasteiger partial charge in [0.2, 0.25) is 0 Å². The van der Waals surface area contributed by atoms with Crippen LogP contribution in [0.2, 0.25) is 0 Å². The molecular formula is C21H20N2O2. The second-order valence-corrected chi connectivity index (χ2v) is 5.89. The van der Waals surface area contributed by atoms with E-state index in [1.807, 2.05) is 68.4 Å². The lowest BCUT2D eigenvalue weighted by Gasteiger charge is -2.10. The zero-order valence-electron chi connectivity index (χ0n) is 14.3. The Hall–Kier alpha value is -3.14. The van der Waals surface area contributed by atoms with Crippen molar-refractivity contribution in [3.8, 4) is 11.5 Å². The summed E-state index contributed by atoms with van der Waals surface area (Å²) in [6.45, 7) is 4.33. The number of nitrogens with zero attached hydrogens (tertiary/aromatic N) is 1. The number of rotatable bonds is 5. The largest absolute Gasteiger partial charge is 0.457 e. The van der Waals surface area contributed by atoms with Gasteiger partial charge in [-0.1, -0.05) is 30.3 Å². The number of carbonyl (C=O) groups excluding carboxylic acids is 1. The van der Waals surface area contributed by atoms with Crippen molar-refractivity contribution >= 4 is 5.91 Å². The number of ether oxygens (including phenoxy) is 1. The molecule has 0 aliphatic carbocycles. The average molecular weight is 332 g/mol. The Labute approximate surface area is 147 Å². The van der Waals surface area contributed by atoms with Gasteiger partial charge in [0.05, 0.1) is 5.56 Å². The first kappa shape index (κ1) is 16.7. The number of hydrogen-bond acceptors (Lipinski definition) is 3. The second kappa shape index (κ2) is 7.62. The maximum absolute atomic E-state index is 12.2. The van der Waals surface area contributed by atoms with Crippen molar-refractivity contribution in [2.24, 2.45) is 0 Å². The van der Waals surface area contributed by atoms with E-state index in [0.717, 1.165) is 28.3 Å². The monoisotopic (exact) mass is 332 g/mol. The van der Waals surface area contributed by atoms with Crippen LogP contribution in [0.25, 0.3) is 0 Å². The summed E-state index contributed by atoms with van der Waals surface area (Å²) < 4.78 is 5.93. The van der Waals surface area contributed by atoms with Crippen LogP contribution in [0.15, 0.2) is 66.9 Å². The van der Waals surface area contributed by atoms with E-state index in [2.05, 4.69) is 10.3 Å². The smallest absolute Gasteiger partial charge is 0.253 e. The highest BCUT2D eigenvalue weighted by atomic mass is 16.5. The van der Waals surface area contributed by atoms with E-state index in [-0.39, 0.29) is 5.91 Å². The predicted molar refractivity (Wildman–Crippen MR) is 97.8 cm³/mol. The average Bonchev–Trinajstić information content (AvgIpc) is 2.63. The molecule has 0 atom stereocenters. The fourth-order valence-electron chi connectivity index (χ4n) is 2.40. The molecule has 0 aliphatic heterocycles. The quantitative estimate of drug-likeness (QED) is 0.752. The molecule has 0 saturated carbocycles. The Bertz CT molecular complexity index is 873. The van der Waals surface area contributed by atoms with Gasteiger partial charge in [0.15, 0.2) is 0 Å². The molecule has 1 heterocycles. The molecule has 0 fully saturated rings. The minimum absolute atomic E-state index is 0.141. The third kappa shape index (κ3) is 4.44.